The second-order valence-electron chi connectivity index (χ2n) is 6.19. The molecule has 0 fully saturated rings. The standard InChI is InChI=1S/C19H18N2O7/c1-11-7-14(15(21(24)25)8-12(11)2)20-18(22)10-28-19(23)13-3-4-16-17(9-13)27-6-5-26-16/h3-4,7-9H,5-6,10H2,1-2H3,(H,20,22). The smallest absolute Gasteiger partial charge is 0.338 e. The summed E-state index contributed by atoms with van der Waals surface area (Å²) in [6.45, 7) is 3.74. The molecule has 1 N–H and O–H groups in total. The summed E-state index contributed by atoms with van der Waals surface area (Å²) >= 11 is 0. The van der Waals surface area contributed by atoms with Crippen LogP contribution in [0.25, 0.3) is 0 Å². The Morgan fingerprint density at radius 2 is 1.79 bits per heavy atom. The molecule has 3 rings (SSSR count). The lowest BCUT2D eigenvalue weighted by molar-refractivity contribution is -0.384. The van der Waals surface area contributed by atoms with Gasteiger partial charge >= 0.3 is 5.97 Å². The van der Waals surface area contributed by atoms with Crippen LogP contribution in [0.2, 0.25) is 0 Å². The zero-order chi connectivity index (χ0) is 20.3. The minimum Gasteiger partial charge on any atom is -0.486 e. The van der Waals surface area contributed by atoms with Crippen molar-refractivity contribution in [3.05, 3.63) is 57.1 Å². The first-order valence-electron chi connectivity index (χ1n) is 8.47. The van der Waals surface area contributed by atoms with E-state index in [2.05, 4.69) is 5.32 Å². The SMILES string of the molecule is Cc1cc(NC(=O)COC(=O)c2ccc3c(c2)OCCO3)c([N+](=O)[O-])cc1C. The fraction of sp³-hybridized carbons (Fsp3) is 0.263. The molecule has 28 heavy (non-hydrogen) atoms. The molecular formula is C19H18N2O7. The van der Waals surface area contributed by atoms with Crippen molar-refractivity contribution in [2.75, 3.05) is 25.1 Å². The Kier molecular flexibility index (Phi) is 5.44. The van der Waals surface area contributed by atoms with E-state index in [0.29, 0.717) is 24.7 Å². The molecule has 1 amide bonds. The number of nitrogens with zero attached hydrogens (tertiary/aromatic N) is 1. The molecule has 0 radical (unpaired) electrons. The first-order chi connectivity index (χ1) is 13.3. The van der Waals surface area contributed by atoms with E-state index < -0.39 is 23.4 Å². The van der Waals surface area contributed by atoms with Gasteiger partial charge in [0.15, 0.2) is 18.1 Å². The van der Waals surface area contributed by atoms with Crippen LogP contribution in [-0.2, 0) is 9.53 Å². The molecule has 0 aliphatic carbocycles. The van der Waals surface area contributed by atoms with E-state index in [-0.39, 0.29) is 16.9 Å². The fourth-order valence-electron chi connectivity index (χ4n) is 2.62. The van der Waals surface area contributed by atoms with Crippen LogP contribution in [0, 0.1) is 24.0 Å². The predicted molar refractivity (Wildman–Crippen MR) is 98.9 cm³/mol. The maximum atomic E-state index is 12.2. The van der Waals surface area contributed by atoms with Crippen molar-refractivity contribution < 1.29 is 28.7 Å². The number of aryl methyl sites for hydroxylation is 2. The molecule has 0 saturated heterocycles. The summed E-state index contributed by atoms with van der Waals surface area (Å²) in [6.07, 6.45) is 0. The number of ether oxygens (including phenoxy) is 3. The summed E-state index contributed by atoms with van der Waals surface area (Å²) in [7, 11) is 0. The highest BCUT2D eigenvalue weighted by Gasteiger charge is 2.20. The fourth-order valence-corrected chi connectivity index (χ4v) is 2.62. The molecule has 1 aliphatic heterocycles. The number of rotatable bonds is 5. The Labute approximate surface area is 160 Å². The summed E-state index contributed by atoms with van der Waals surface area (Å²) in [5, 5.41) is 13.6. The molecule has 0 spiro atoms. The average molecular weight is 386 g/mol. The summed E-state index contributed by atoms with van der Waals surface area (Å²) in [6, 6.07) is 7.45. The maximum Gasteiger partial charge on any atom is 0.338 e. The molecule has 146 valence electrons. The Morgan fingerprint density at radius 1 is 1.11 bits per heavy atom. The van der Waals surface area contributed by atoms with Gasteiger partial charge in [0, 0.05) is 6.07 Å². The molecule has 9 heteroatoms. The van der Waals surface area contributed by atoms with Crippen molar-refractivity contribution in [3.8, 4) is 11.5 Å². The molecule has 1 heterocycles. The first kappa shape index (κ1) is 19.2. The molecule has 1 aliphatic rings. The van der Waals surface area contributed by atoms with Gasteiger partial charge in [-0.15, -0.1) is 0 Å². The number of hydrogen-bond acceptors (Lipinski definition) is 7. The maximum absolute atomic E-state index is 12.2. The number of carbonyl (C=O) groups is 2. The Morgan fingerprint density at radius 3 is 2.50 bits per heavy atom. The molecule has 0 saturated carbocycles. The lowest BCUT2D eigenvalue weighted by atomic mass is 10.1. The van der Waals surface area contributed by atoms with E-state index in [9.17, 15) is 19.7 Å². The molecule has 2 aromatic rings. The van der Waals surface area contributed by atoms with Gasteiger partial charge in [0.25, 0.3) is 11.6 Å². The normalized spacial score (nSPS) is 12.2. The second-order valence-corrected chi connectivity index (χ2v) is 6.19. The molecule has 0 bridgehead atoms. The van der Waals surface area contributed by atoms with Crippen LogP contribution >= 0.6 is 0 Å². The number of hydrogen-bond donors (Lipinski definition) is 1. The van der Waals surface area contributed by atoms with Crippen molar-refractivity contribution in [1.29, 1.82) is 0 Å². The number of fused-ring (bicyclic) bond motifs is 1. The van der Waals surface area contributed by atoms with Gasteiger partial charge in [-0.2, -0.15) is 0 Å². The Hall–Kier alpha value is -3.62. The average Bonchev–Trinajstić information content (AvgIpc) is 2.68. The topological polar surface area (TPSA) is 117 Å². The Bertz CT molecular complexity index is 956. The summed E-state index contributed by atoms with van der Waals surface area (Å²) in [5.74, 6) is -0.447. The number of nitro groups is 1. The zero-order valence-corrected chi connectivity index (χ0v) is 15.3. The highest BCUT2D eigenvalue weighted by atomic mass is 16.6. The van der Waals surface area contributed by atoms with Gasteiger partial charge in [-0.05, 0) is 49.2 Å². The van der Waals surface area contributed by atoms with Crippen LogP contribution < -0.4 is 14.8 Å². The highest BCUT2D eigenvalue weighted by molar-refractivity contribution is 5.97. The molecule has 9 nitrogen and oxygen atoms in total. The van der Waals surface area contributed by atoms with Crippen LogP contribution in [0.5, 0.6) is 11.5 Å². The van der Waals surface area contributed by atoms with E-state index in [1.54, 1.807) is 19.9 Å². The van der Waals surface area contributed by atoms with Crippen molar-refractivity contribution in [2.45, 2.75) is 13.8 Å². The zero-order valence-electron chi connectivity index (χ0n) is 15.3. The second kappa shape index (κ2) is 7.95. The summed E-state index contributed by atoms with van der Waals surface area (Å²) < 4.78 is 15.8. The molecule has 0 unspecified atom stereocenters. The number of carbonyl (C=O) groups excluding carboxylic acids is 2. The van der Waals surface area contributed by atoms with E-state index in [1.807, 2.05) is 0 Å². The number of esters is 1. The minimum absolute atomic E-state index is 0.0495. The van der Waals surface area contributed by atoms with Gasteiger partial charge in [-0.1, -0.05) is 0 Å². The van der Waals surface area contributed by atoms with Crippen molar-refractivity contribution in [2.24, 2.45) is 0 Å². The lowest BCUT2D eigenvalue weighted by Crippen LogP contribution is -2.22. The molecule has 2 aromatic carbocycles. The quantitative estimate of drug-likeness (QED) is 0.477. The van der Waals surface area contributed by atoms with Crippen molar-refractivity contribution in [1.82, 2.24) is 0 Å². The molecular weight excluding hydrogens is 368 g/mol. The van der Waals surface area contributed by atoms with E-state index in [0.717, 1.165) is 11.1 Å². The number of amides is 1. The summed E-state index contributed by atoms with van der Waals surface area (Å²) in [4.78, 5) is 34.9. The van der Waals surface area contributed by atoms with Gasteiger partial charge < -0.3 is 19.5 Å². The molecule has 0 aromatic heterocycles. The van der Waals surface area contributed by atoms with Crippen LogP contribution in [-0.4, -0.2) is 36.6 Å². The third kappa shape index (κ3) is 4.20. The van der Waals surface area contributed by atoms with E-state index >= 15 is 0 Å². The first-order valence-corrected chi connectivity index (χ1v) is 8.47. The predicted octanol–water partition coefficient (Wildman–Crippen LogP) is 2.78. The number of benzene rings is 2. The third-order valence-electron chi connectivity index (χ3n) is 4.20. The Balaban J connectivity index is 1.64. The van der Waals surface area contributed by atoms with Gasteiger partial charge in [0.2, 0.25) is 0 Å². The van der Waals surface area contributed by atoms with Crippen LogP contribution in [0.3, 0.4) is 0 Å². The monoisotopic (exact) mass is 386 g/mol. The van der Waals surface area contributed by atoms with Crippen molar-refractivity contribution >= 4 is 23.3 Å². The third-order valence-corrected chi connectivity index (χ3v) is 4.20. The minimum atomic E-state index is -0.721. The van der Waals surface area contributed by atoms with Gasteiger partial charge in [-0.25, -0.2) is 4.79 Å². The highest BCUT2D eigenvalue weighted by Crippen LogP contribution is 2.31. The van der Waals surface area contributed by atoms with Crippen molar-refractivity contribution in [3.63, 3.8) is 0 Å². The van der Waals surface area contributed by atoms with Crippen LogP contribution in [0.4, 0.5) is 11.4 Å². The van der Waals surface area contributed by atoms with Crippen LogP contribution in [0.1, 0.15) is 21.5 Å². The van der Waals surface area contributed by atoms with E-state index in [1.165, 1.54) is 24.3 Å². The summed E-state index contributed by atoms with van der Waals surface area (Å²) in [5.41, 5.74) is 1.54. The van der Waals surface area contributed by atoms with Gasteiger partial charge in [0.05, 0.1) is 10.5 Å². The largest absolute Gasteiger partial charge is 0.486 e. The van der Waals surface area contributed by atoms with Gasteiger partial charge in [-0.3, -0.25) is 14.9 Å². The van der Waals surface area contributed by atoms with E-state index in [4.69, 9.17) is 14.2 Å². The number of nitrogens with one attached hydrogen (secondary N) is 1. The molecule has 0 atom stereocenters. The van der Waals surface area contributed by atoms with Gasteiger partial charge in [0.1, 0.15) is 18.9 Å². The van der Waals surface area contributed by atoms with Crippen LogP contribution in [0.15, 0.2) is 30.3 Å². The number of anilines is 1. The lowest BCUT2D eigenvalue weighted by Gasteiger charge is -2.18. The number of nitro benzene ring substituents is 1.